The number of nitrogens with one attached hydrogen (secondary N) is 1. The molecule has 15 heteroatoms. The first kappa shape index (κ1) is 34.1. The van der Waals surface area contributed by atoms with E-state index < -0.39 is 82.3 Å². The number of nitrogens with zero attached hydrogens (tertiary/aromatic N) is 1. The van der Waals surface area contributed by atoms with Crippen LogP contribution in [0.5, 0.6) is 0 Å². The Kier molecular flexibility index (Phi) is 9.03. The molecule has 0 radical (unpaired) electrons. The van der Waals surface area contributed by atoms with E-state index in [4.69, 9.17) is 9.47 Å². The third-order valence-electron chi connectivity index (χ3n) is 10.8. The van der Waals surface area contributed by atoms with E-state index in [0.29, 0.717) is 12.0 Å². The molecule has 8 atom stereocenters. The molecular weight excluding hydrogens is 623 g/mol. The minimum atomic E-state index is -2.46. The standard InChI is InChI=1S/C32H37FN2O12/c1-29-10-9-20(36)13-19(29)7-8-22-23-14-24(37)32(42,30(23,2)15-25(38)31(22,29)33)26(39)17-46-28(41)34-11-12-45-27(40)21-6-4-3-5-18(21)16-47-35(43)44/h3-6,9-10,13,22-25,37-38,42H,7-8,11-12,14-17H2,1-2H3,(H,34,41)/t22?,23?,24-,25+,29+,30+,31+,32+/m1/s1. The lowest BCUT2D eigenvalue weighted by Crippen LogP contribution is -2.69. The van der Waals surface area contributed by atoms with Crippen molar-refractivity contribution in [2.75, 3.05) is 19.8 Å². The molecule has 4 aliphatic carbocycles. The fourth-order valence-corrected chi connectivity index (χ4v) is 8.36. The molecule has 4 aliphatic rings. The fraction of sp³-hybridized carbons (Fsp3) is 0.562. The normalized spacial score (nSPS) is 35.4. The van der Waals surface area contributed by atoms with E-state index in [1.807, 2.05) is 0 Å². The van der Waals surface area contributed by atoms with Gasteiger partial charge in [0.1, 0.15) is 13.2 Å². The lowest BCUT2D eigenvalue weighted by Gasteiger charge is -2.62. The maximum Gasteiger partial charge on any atom is 0.407 e. The molecule has 3 saturated carbocycles. The Bertz CT molecular complexity index is 1550. The number of amides is 1. The first-order valence-corrected chi connectivity index (χ1v) is 15.3. The lowest BCUT2D eigenvalue weighted by molar-refractivity contribution is -0.763. The molecule has 4 N–H and O–H groups in total. The van der Waals surface area contributed by atoms with Crippen molar-refractivity contribution < 1.29 is 58.3 Å². The summed E-state index contributed by atoms with van der Waals surface area (Å²) in [4.78, 5) is 65.0. The highest BCUT2D eigenvalue weighted by atomic mass is 19.1. The second-order valence-corrected chi connectivity index (χ2v) is 13.0. The Morgan fingerprint density at radius 1 is 1.13 bits per heavy atom. The van der Waals surface area contributed by atoms with Gasteiger partial charge in [-0.05, 0) is 62.3 Å². The molecule has 14 nitrogen and oxygen atoms in total. The van der Waals surface area contributed by atoms with E-state index in [2.05, 4.69) is 10.2 Å². The number of carbonyl (C=O) groups excluding carboxylic acids is 4. The van der Waals surface area contributed by atoms with E-state index in [1.54, 1.807) is 13.0 Å². The van der Waals surface area contributed by atoms with Gasteiger partial charge in [-0.1, -0.05) is 36.8 Å². The number of ketones is 2. The molecule has 3 fully saturated rings. The molecule has 0 saturated heterocycles. The number of allylic oxidation sites excluding steroid dienone is 4. The van der Waals surface area contributed by atoms with Crippen molar-refractivity contribution in [3.63, 3.8) is 0 Å². The minimum Gasteiger partial charge on any atom is -0.460 e. The highest BCUT2D eigenvalue weighted by molar-refractivity contribution is 6.01. The molecule has 0 aromatic heterocycles. The topological polar surface area (TPSA) is 212 Å². The summed E-state index contributed by atoms with van der Waals surface area (Å²) < 4.78 is 27.3. The summed E-state index contributed by atoms with van der Waals surface area (Å²) in [5.74, 6) is -3.68. The largest absolute Gasteiger partial charge is 0.460 e. The maximum atomic E-state index is 17.2. The van der Waals surface area contributed by atoms with Crippen LogP contribution in [0.2, 0.25) is 0 Å². The van der Waals surface area contributed by atoms with Crippen LogP contribution in [0.1, 0.15) is 55.5 Å². The number of alkyl carbamates (subject to hydrolysis) is 1. The van der Waals surface area contributed by atoms with Crippen molar-refractivity contribution in [2.45, 2.75) is 69.6 Å². The van der Waals surface area contributed by atoms with Crippen molar-refractivity contribution >= 4 is 23.6 Å². The number of aliphatic hydroxyl groups is 3. The number of carbonyl (C=O) groups is 4. The number of hydrogen-bond donors (Lipinski definition) is 4. The second-order valence-electron chi connectivity index (χ2n) is 13.0. The van der Waals surface area contributed by atoms with Crippen LogP contribution in [0, 0.1) is 32.8 Å². The van der Waals surface area contributed by atoms with Gasteiger partial charge in [0.2, 0.25) is 5.78 Å². The minimum absolute atomic E-state index is 0.0278. The first-order chi connectivity index (χ1) is 22.1. The van der Waals surface area contributed by atoms with Crippen LogP contribution < -0.4 is 5.32 Å². The molecule has 0 bridgehead atoms. The zero-order valence-electron chi connectivity index (χ0n) is 25.8. The molecule has 47 heavy (non-hydrogen) atoms. The Balaban J connectivity index is 1.18. The van der Waals surface area contributed by atoms with Gasteiger partial charge in [-0.25, -0.2) is 14.0 Å². The Morgan fingerprint density at radius 2 is 1.85 bits per heavy atom. The molecule has 254 valence electrons. The lowest BCUT2D eigenvalue weighted by atomic mass is 9.44. The Labute approximate surface area is 268 Å². The van der Waals surface area contributed by atoms with E-state index >= 15 is 4.39 Å². The van der Waals surface area contributed by atoms with Crippen LogP contribution in [-0.4, -0.2) is 87.3 Å². The van der Waals surface area contributed by atoms with Crippen LogP contribution in [0.3, 0.4) is 0 Å². The monoisotopic (exact) mass is 660 g/mol. The summed E-state index contributed by atoms with van der Waals surface area (Å²) in [7, 11) is 0. The van der Waals surface area contributed by atoms with Crippen LogP contribution in [-0.2, 0) is 30.5 Å². The number of fused-ring (bicyclic) bond motifs is 5. The number of rotatable bonds is 10. The quantitative estimate of drug-likeness (QED) is 0.123. The molecule has 0 aliphatic heterocycles. The molecule has 5 rings (SSSR count). The Hall–Kier alpha value is -4.21. The van der Waals surface area contributed by atoms with E-state index in [-0.39, 0.29) is 49.3 Å². The predicted molar refractivity (Wildman–Crippen MR) is 158 cm³/mol. The summed E-state index contributed by atoms with van der Waals surface area (Å²) in [5, 5.41) is 46.0. The van der Waals surface area contributed by atoms with Crippen molar-refractivity contribution in [3.05, 3.63) is 69.3 Å². The number of Topliss-reactive ketones (excluding diaryl/α,β-unsaturated/α-hetero) is 1. The number of esters is 1. The van der Waals surface area contributed by atoms with Gasteiger partial charge in [0.25, 0.3) is 5.09 Å². The van der Waals surface area contributed by atoms with Crippen molar-refractivity contribution in [1.29, 1.82) is 0 Å². The SMILES string of the molecule is C[C@]12C=CC(=O)C=C1CCC1C3C[C@@H](O)[C@](O)(C(=O)COC(=O)NCCOC(=O)c4ccccc4CO[N+](=O)[O-])[C@@]3(C)C[C@H](O)[C@@]12F. The molecular formula is C32H37FN2O12. The number of alkyl halides is 1. The maximum absolute atomic E-state index is 17.2. The summed E-state index contributed by atoms with van der Waals surface area (Å²) >= 11 is 0. The summed E-state index contributed by atoms with van der Waals surface area (Å²) in [6.45, 7) is 1.19. The molecule has 0 spiro atoms. The van der Waals surface area contributed by atoms with Crippen molar-refractivity contribution in [2.24, 2.45) is 22.7 Å². The van der Waals surface area contributed by atoms with Gasteiger partial charge in [0.05, 0.1) is 24.3 Å². The van der Waals surface area contributed by atoms with Gasteiger partial charge in [-0.2, -0.15) is 0 Å². The number of benzene rings is 1. The second kappa shape index (κ2) is 12.4. The van der Waals surface area contributed by atoms with Crippen molar-refractivity contribution in [3.8, 4) is 0 Å². The predicted octanol–water partition coefficient (Wildman–Crippen LogP) is 1.92. The van der Waals surface area contributed by atoms with Crippen molar-refractivity contribution in [1.82, 2.24) is 5.32 Å². The first-order valence-electron chi connectivity index (χ1n) is 15.3. The van der Waals surface area contributed by atoms with Crippen LogP contribution in [0.25, 0.3) is 0 Å². The highest BCUT2D eigenvalue weighted by Gasteiger charge is 2.76. The smallest absolute Gasteiger partial charge is 0.407 e. The number of ether oxygens (including phenoxy) is 2. The summed E-state index contributed by atoms with van der Waals surface area (Å²) in [6, 6.07) is 5.92. The van der Waals surface area contributed by atoms with E-state index in [1.165, 1.54) is 43.4 Å². The Morgan fingerprint density at radius 3 is 2.57 bits per heavy atom. The third kappa shape index (κ3) is 5.49. The van der Waals surface area contributed by atoms with E-state index in [9.17, 15) is 44.6 Å². The average molecular weight is 661 g/mol. The highest BCUT2D eigenvalue weighted by Crippen LogP contribution is 2.69. The van der Waals surface area contributed by atoms with Gasteiger partial charge in [-0.15, -0.1) is 10.1 Å². The van der Waals surface area contributed by atoms with Crippen LogP contribution in [0.15, 0.2) is 48.1 Å². The number of aliphatic hydroxyl groups excluding tert-OH is 2. The fourth-order valence-electron chi connectivity index (χ4n) is 8.36. The number of hydrogen-bond acceptors (Lipinski definition) is 12. The van der Waals surface area contributed by atoms with Gasteiger partial charge in [0, 0.05) is 16.7 Å². The molecule has 1 aromatic rings. The summed E-state index contributed by atoms with van der Waals surface area (Å²) in [6.07, 6.45) is -0.108. The molecule has 0 heterocycles. The van der Waals surface area contributed by atoms with Gasteiger partial charge >= 0.3 is 12.1 Å². The molecule has 2 unspecified atom stereocenters. The third-order valence-corrected chi connectivity index (χ3v) is 10.8. The van der Waals surface area contributed by atoms with E-state index in [0.717, 1.165) is 0 Å². The molecule has 1 amide bonds. The van der Waals surface area contributed by atoms with Crippen LogP contribution >= 0.6 is 0 Å². The van der Waals surface area contributed by atoms with Crippen LogP contribution in [0.4, 0.5) is 9.18 Å². The van der Waals surface area contributed by atoms with Gasteiger partial charge in [0.15, 0.2) is 23.7 Å². The zero-order chi connectivity index (χ0) is 34.4. The number of halogens is 1. The van der Waals surface area contributed by atoms with Gasteiger partial charge in [-0.3, -0.25) is 9.59 Å². The zero-order valence-corrected chi connectivity index (χ0v) is 25.8. The molecule has 1 aromatic carbocycles. The average Bonchev–Trinajstić information content (AvgIpc) is 3.23. The van der Waals surface area contributed by atoms with Gasteiger partial charge < -0.3 is 34.9 Å². The summed E-state index contributed by atoms with van der Waals surface area (Å²) in [5.41, 5.74) is -6.63.